The van der Waals surface area contributed by atoms with E-state index in [0.29, 0.717) is 27.4 Å². The average molecular weight is 1460 g/mol. The number of aromatic nitrogens is 8. The van der Waals surface area contributed by atoms with Crippen molar-refractivity contribution in [2.45, 2.75) is 222 Å². The van der Waals surface area contributed by atoms with Gasteiger partial charge in [0.2, 0.25) is 5.71 Å². The summed E-state index contributed by atoms with van der Waals surface area (Å²) in [4.78, 5) is 38.0. The lowest BCUT2D eigenvalue weighted by molar-refractivity contribution is 0.469. The molecular formula is C92H128N8OS3. The van der Waals surface area contributed by atoms with Crippen molar-refractivity contribution in [2.75, 3.05) is 0 Å². The van der Waals surface area contributed by atoms with Crippen molar-refractivity contribution in [3.05, 3.63) is 195 Å². The van der Waals surface area contributed by atoms with E-state index in [-0.39, 0.29) is 0 Å². The van der Waals surface area contributed by atoms with Gasteiger partial charge < -0.3 is 4.42 Å². The zero-order valence-electron chi connectivity index (χ0n) is 69.7. The van der Waals surface area contributed by atoms with Gasteiger partial charge in [0.1, 0.15) is 42.1 Å². The van der Waals surface area contributed by atoms with Crippen LogP contribution in [0.5, 0.6) is 0 Å². The molecule has 8 aromatic heterocycles. The number of furan rings is 1. The van der Waals surface area contributed by atoms with Crippen LogP contribution in [0.4, 0.5) is 0 Å². The molecule has 0 fully saturated rings. The van der Waals surface area contributed by atoms with E-state index in [4.69, 9.17) is 4.42 Å². The molecular weight excluding hydrogens is 1330 g/mol. The van der Waals surface area contributed by atoms with Crippen LogP contribution in [0.25, 0.3) is 127 Å². The highest BCUT2D eigenvalue weighted by atomic mass is 32.1. The number of fused-ring (bicyclic) bond motifs is 18. The van der Waals surface area contributed by atoms with Gasteiger partial charge in [0.05, 0.1) is 0 Å². The second-order valence-corrected chi connectivity index (χ2v) is 31.1. The van der Waals surface area contributed by atoms with Crippen LogP contribution in [0, 0.1) is 21.7 Å². The van der Waals surface area contributed by atoms with Crippen LogP contribution < -0.4 is 0 Å². The molecule has 560 valence electrons. The second-order valence-electron chi connectivity index (χ2n) is 28.0. The Hall–Kier alpha value is -8.42. The van der Waals surface area contributed by atoms with Crippen molar-refractivity contribution in [2.24, 2.45) is 21.7 Å². The first-order valence-corrected chi connectivity index (χ1v) is 40.2. The molecule has 104 heavy (non-hydrogen) atoms. The first-order valence-electron chi connectivity index (χ1n) is 37.8. The van der Waals surface area contributed by atoms with Gasteiger partial charge in [-0.2, -0.15) is 0 Å². The number of thiophene rings is 3. The third-order valence-electron chi connectivity index (χ3n) is 11.9. The Balaban J connectivity index is 0.000000603. The Kier molecular flexibility index (Phi) is 43.1. The van der Waals surface area contributed by atoms with Crippen LogP contribution in [-0.4, -0.2) is 39.9 Å². The van der Waals surface area contributed by atoms with Gasteiger partial charge in [-0.05, 0) is 101 Å². The minimum atomic E-state index is 0.500. The summed E-state index contributed by atoms with van der Waals surface area (Å²) in [6.45, 7) is 67.0. The van der Waals surface area contributed by atoms with E-state index in [0.717, 1.165) is 47.5 Å². The van der Waals surface area contributed by atoms with Crippen LogP contribution >= 0.6 is 34.0 Å². The minimum Gasteiger partial charge on any atom is -0.436 e. The molecule has 0 saturated carbocycles. The van der Waals surface area contributed by atoms with Gasteiger partial charge in [-0.3, -0.25) is 15.0 Å². The molecule has 0 radical (unpaired) electrons. The Morgan fingerprint density at radius 2 is 0.510 bits per heavy atom. The molecule has 0 spiro atoms. The normalized spacial score (nSPS) is 10.3. The Labute approximate surface area is 638 Å². The third-order valence-corrected chi connectivity index (χ3v) is 15.1. The van der Waals surface area contributed by atoms with E-state index >= 15 is 0 Å². The highest BCUT2D eigenvalue weighted by Gasteiger charge is 2.13. The Bertz CT molecular complexity index is 4590. The number of benzene rings is 8. The van der Waals surface area contributed by atoms with Crippen LogP contribution in [0.3, 0.4) is 0 Å². The monoisotopic (exact) mass is 1460 g/mol. The van der Waals surface area contributed by atoms with Gasteiger partial charge in [-0.1, -0.05) is 331 Å². The molecule has 12 heteroatoms. The minimum absolute atomic E-state index is 0.500. The van der Waals surface area contributed by atoms with Crippen molar-refractivity contribution in [1.82, 2.24) is 39.9 Å². The van der Waals surface area contributed by atoms with Crippen molar-refractivity contribution in [3.63, 3.8) is 0 Å². The molecule has 8 aromatic carbocycles. The molecule has 0 saturated heterocycles. The predicted molar refractivity (Wildman–Crippen MR) is 475 cm³/mol. The van der Waals surface area contributed by atoms with Gasteiger partial charge in [-0.25, -0.2) is 24.9 Å². The molecule has 0 unspecified atom stereocenters. The largest absolute Gasteiger partial charge is 0.436 e. The molecule has 0 aliphatic heterocycles. The van der Waals surface area contributed by atoms with Crippen LogP contribution in [0.15, 0.2) is 200 Å². The molecule has 16 aromatic rings. The van der Waals surface area contributed by atoms with Gasteiger partial charge in [0.25, 0.3) is 0 Å². The number of nitrogens with zero attached hydrogens (tertiary/aromatic N) is 8. The van der Waals surface area contributed by atoms with E-state index < -0.39 is 0 Å². The zero-order valence-corrected chi connectivity index (χ0v) is 72.1. The van der Waals surface area contributed by atoms with E-state index in [1.165, 1.54) is 73.3 Å². The summed E-state index contributed by atoms with van der Waals surface area (Å²) < 4.78 is 9.45. The van der Waals surface area contributed by atoms with Crippen molar-refractivity contribution in [3.8, 4) is 0 Å². The van der Waals surface area contributed by atoms with E-state index in [1.54, 1.807) is 83.6 Å². The van der Waals surface area contributed by atoms with Crippen LogP contribution in [0.1, 0.15) is 222 Å². The van der Waals surface area contributed by atoms with E-state index in [1.807, 2.05) is 129 Å². The predicted octanol–water partition coefficient (Wildman–Crippen LogP) is 31.9. The molecule has 0 amide bonds. The summed E-state index contributed by atoms with van der Waals surface area (Å²) in [6, 6.07) is 50.7. The maximum Gasteiger partial charge on any atom is 0.246 e. The smallest absolute Gasteiger partial charge is 0.246 e. The first kappa shape index (κ1) is 93.6. The highest BCUT2D eigenvalue weighted by molar-refractivity contribution is 7.26. The number of rotatable bonds is 0. The second kappa shape index (κ2) is 47.8. The maximum absolute atomic E-state index is 5.69. The maximum atomic E-state index is 5.69. The topological polar surface area (TPSA) is 116 Å². The lowest BCUT2D eigenvalue weighted by Crippen LogP contribution is -1.93. The fraction of sp³-hybridized carbons (Fsp3) is 0.391. The summed E-state index contributed by atoms with van der Waals surface area (Å²) in [5.41, 5.74) is 7.31. The van der Waals surface area contributed by atoms with E-state index in [2.05, 4.69) is 278 Å². The fourth-order valence-electron chi connectivity index (χ4n) is 8.87. The van der Waals surface area contributed by atoms with Gasteiger partial charge >= 0.3 is 0 Å². The summed E-state index contributed by atoms with van der Waals surface area (Å²) in [5.74, 6) is 0. The third kappa shape index (κ3) is 30.7. The first-order chi connectivity index (χ1) is 49.7. The Morgan fingerprint density at radius 1 is 0.240 bits per heavy atom. The molecule has 0 aliphatic rings. The molecule has 0 atom stereocenters. The van der Waals surface area contributed by atoms with Gasteiger partial charge in [0.15, 0.2) is 0 Å². The summed E-state index contributed by atoms with van der Waals surface area (Å²) in [7, 11) is 0. The SMILES string of the molecule is CC.CC.CC.CC.CC.CC.CC.CC.CC(C)(C)C.CC(C)(C)C.CC(C)(C)C.CC(C)(C)C.c1ccc2c(c1)ccc1sc3nccnc3c12.c1ccc2c(c1)ccc1sc3nccnc3c12.c1ccc2cc3c(cc2c1)oc1nccnc13.c1ccc2cc3c(cc2c1)sc1nccnc13. The summed E-state index contributed by atoms with van der Waals surface area (Å²) in [6.07, 6.45) is 13.9. The van der Waals surface area contributed by atoms with E-state index in [9.17, 15) is 0 Å². The van der Waals surface area contributed by atoms with Gasteiger partial charge in [-0.15, -0.1) is 34.0 Å². The molecule has 0 bridgehead atoms. The van der Waals surface area contributed by atoms with Crippen molar-refractivity contribution < 1.29 is 4.42 Å². The lowest BCUT2D eigenvalue weighted by atomic mass is 10.0. The van der Waals surface area contributed by atoms with Crippen LogP contribution in [-0.2, 0) is 0 Å². The lowest BCUT2D eigenvalue weighted by Gasteiger charge is -2.05. The molecule has 9 nitrogen and oxygen atoms in total. The zero-order chi connectivity index (χ0) is 79.0. The van der Waals surface area contributed by atoms with Crippen molar-refractivity contribution in [1.29, 1.82) is 0 Å². The van der Waals surface area contributed by atoms with Gasteiger partial charge in [0, 0.05) is 85.2 Å². The Morgan fingerprint density at radius 3 is 0.885 bits per heavy atom. The summed E-state index contributed by atoms with van der Waals surface area (Å²) in [5, 5.41) is 14.6. The molecule has 16 rings (SSSR count). The average Bonchev–Trinajstić information content (AvgIpc) is 1.60. The molecule has 8 heterocycles. The van der Waals surface area contributed by atoms with Crippen molar-refractivity contribution >= 4 is 161 Å². The standard InChI is InChI=1S/C14H8N2O.3C14H8N2S.4C5H12.8C2H6/c2*1-2-4-10-8-12-11(7-9(10)3-1)13-14(17-12)16-6-5-15-13;2*1-2-4-10-9(3-1)5-6-11-12(10)13-14(17-11)16-8-7-15-13;4*1-5(2,3)4;8*1-2/h4*1-8H;4*1-4H3;8*1-2H3. The number of hydrogen-bond acceptors (Lipinski definition) is 12. The van der Waals surface area contributed by atoms with Crippen LogP contribution in [0.2, 0.25) is 0 Å². The molecule has 0 N–H and O–H groups in total. The highest BCUT2D eigenvalue weighted by Crippen LogP contribution is 2.38. The number of hydrogen-bond donors (Lipinski definition) is 0. The summed E-state index contributed by atoms with van der Waals surface area (Å²) >= 11 is 5.11. The fourth-order valence-corrected chi connectivity index (χ4v) is 11.9. The molecule has 0 aliphatic carbocycles. The quantitative estimate of drug-likeness (QED) is 0.146.